The zero-order chi connectivity index (χ0) is 27.9. The highest BCUT2D eigenvalue weighted by Gasteiger charge is 2.35. The van der Waals surface area contributed by atoms with Crippen molar-refractivity contribution in [3.63, 3.8) is 0 Å². The van der Waals surface area contributed by atoms with E-state index in [1.54, 1.807) is 4.90 Å². The zero-order valence-corrected chi connectivity index (χ0v) is 23.6. The van der Waals surface area contributed by atoms with Crippen LogP contribution in [0, 0.1) is 0 Å². The average Bonchev–Trinajstić information content (AvgIpc) is 3.68. The van der Waals surface area contributed by atoms with Crippen LogP contribution < -0.4 is 9.44 Å². The number of fused-ring (bicyclic) bond motifs is 1. The molecule has 2 amide bonds. The number of rotatable bonds is 7. The van der Waals surface area contributed by atoms with E-state index in [9.17, 15) is 18.0 Å². The molecule has 0 spiro atoms. The Labute approximate surface area is 237 Å². The highest BCUT2D eigenvalue weighted by Crippen LogP contribution is 2.36. The molecule has 2 aliphatic heterocycles. The van der Waals surface area contributed by atoms with Crippen LogP contribution in [0.2, 0.25) is 0 Å². The lowest BCUT2D eigenvalue weighted by Crippen LogP contribution is -2.40. The van der Waals surface area contributed by atoms with Crippen molar-refractivity contribution in [1.29, 1.82) is 0 Å². The van der Waals surface area contributed by atoms with Crippen LogP contribution in [0.1, 0.15) is 32.4 Å². The van der Waals surface area contributed by atoms with Gasteiger partial charge < -0.3 is 14.1 Å². The quantitative estimate of drug-likeness (QED) is 0.300. The van der Waals surface area contributed by atoms with Crippen molar-refractivity contribution < 1.29 is 27.2 Å². The van der Waals surface area contributed by atoms with Crippen molar-refractivity contribution in [3.05, 3.63) is 64.8 Å². The molecule has 208 valence electrons. The van der Waals surface area contributed by atoms with Crippen LogP contribution in [0.4, 0.5) is 0 Å². The number of benzene rings is 2. The van der Waals surface area contributed by atoms with Gasteiger partial charge in [0.15, 0.2) is 15.1 Å². The summed E-state index contributed by atoms with van der Waals surface area (Å²) in [5.41, 5.74) is 3.08. The Morgan fingerprint density at radius 2 is 1.88 bits per heavy atom. The van der Waals surface area contributed by atoms with Crippen LogP contribution in [-0.2, 0) is 25.8 Å². The molecule has 15 heteroatoms. The third kappa shape index (κ3) is 5.47. The summed E-state index contributed by atoms with van der Waals surface area (Å²) in [5.74, 6) is -0.180. The molecule has 2 aromatic carbocycles. The number of ether oxygens (including phenoxy) is 1. The van der Waals surface area contributed by atoms with Gasteiger partial charge in [0.1, 0.15) is 11.0 Å². The van der Waals surface area contributed by atoms with E-state index in [-0.39, 0.29) is 30.0 Å². The average molecular weight is 601 g/mol. The van der Waals surface area contributed by atoms with Crippen LogP contribution in [0.15, 0.2) is 46.9 Å². The summed E-state index contributed by atoms with van der Waals surface area (Å²) >= 11 is 2.30. The van der Waals surface area contributed by atoms with Gasteiger partial charge in [0.05, 0.1) is 29.9 Å². The summed E-state index contributed by atoms with van der Waals surface area (Å²) < 4.78 is 42.9. The molecule has 40 heavy (non-hydrogen) atoms. The van der Waals surface area contributed by atoms with Gasteiger partial charge in [0.2, 0.25) is 17.7 Å². The van der Waals surface area contributed by atoms with Crippen LogP contribution in [-0.4, -0.2) is 78.9 Å². The summed E-state index contributed by atoms with van der Waals surface area (Å²) in [5, 5.41) is 7.02. The molecule has 1 unspecified atom stereocenters. The topological polar surface area (TPSA) is 157 Å². The molecule has 2 atom stereocenters. The van der Waals surface area contributed by atoms with E-state index in [2.05, 4.69) is 24.6 Å². The third-order valence-electron chi connectivity index (χ3n) is 6.58. The highest BCUT2D eigenvalue weighted by atomic mass is 32.2. The fraction of sp³-hybridized carbons (Fsp3) is 0.320. The van der Waals surface area contributed by atoms with Crippen LogP contribution in [0.5, 0.6) is 0 Å². The number of nitrogens with one attached hydrogen (secondary N) is 2. The molecular weight excluding hydrogens is 577 g/mol. The minimum absolute atomic E-state index is 0.0185. The van der Waals surface area contributed by atoms with Gasteiger partial charge in [0.25, 0.3) is 5.91 Å². The van der Waals surface area contributed by atoms with Crippen molar-refractivity contribution in [2.24, 2.45) is 0 Å². The predicted octanol–water partition coefficient (Wildman–Crippen LogP) is 2.15. The Balaban J connectivity index is 1.25. The summed E-state index contributed by atoms with van der Waals surface area (Å²) in [4.78, 5) is 31.0. The molecule has 0 radical (unpaired) electrons. The predicted molar refractivity (Wildman–Crippen MR) is 149 cm³/mol. The number of hydrogen-bond acceptors (Lipinski definition) is 12. The van der Waals surface area contributed by atoms with Gasteiger partial charge in [-0.2, -0.15) is 0 Å². The van der Waals surface area contributed by atoms with E-state index < -0.39 is 21.1 Å². The molecule has 2 fully saturated rings. The fourth-order valence-electron chi connectivity index (χ4n) is 4.50. The van der Waals surface area contributed by atoms with Gasteiger partial charge in [-0.05, 0) is 35.4 Å². The van der Waals surface area contributed by atoms with E-state index in [0.717, 1.165) is 34.2 Å². The normalized spacial score (nSPS) is 18.7. The Bertz CT molecular complexity index is 1680. The molecule has 0 aliphatic carbocycles. The Hall–Kier alpha value is -3.37. The number of sulfone groups is 1. The van der Waals surface area contributed by atoms with Crippen LogP contribution in [0.3, 0.4) is 0 Å². The molecule has 0 saturated carbocycles. The van der Waals surface area contributed by atoms with E-state index in [4.69, 9.17) is 9.15 Å². The smallest absolute Gasteiger partial charge is 0.254 e. The summed E-state index contributed by atoms with van der Waals surface area (Å²) in [6.45, 7) is 2.26. The molecule has 4 heterocycles. The van der Waals surface area contributed by atoms with Gasteiger partial charge in [-0.3, -0.25) is 14.3 Å². The second-order valence-electron chi connectivity index (χ2n) is 9.40. The SMILES string of the molecule is CS(=O)(=O)C(c1nnc(C[C@H]2NSNC2=O)o1)c1nc2ccc(-c3ccc(C(=O)N4CCOCC4)cc3)cc2s1. The van der Waals surface area contributed by atoms with Crippen molar-refractivity contribution in [3.8, 4) is 11.1 Å². The molecular formula is C25H24N6O6S3. The molecule has 0 bridgehead atoms. The van der Waals surface area contributed by atoms with E-state index in [0.29, 0.717) is 42.4 Å². The number of carbonyl (C=O) groups excluding carboxylic acids is 2. The maximum atomic E-state index is 12.8. The fourth-order valence-corrected chi connectivity index (χ4v) is 7.66. The second kappa shape index (κ2) is 10.9. The lowest BCUT2D eigenvalue weighted by Gasteiger charge is -2.26. The maximum absolute atomic E-state index is 12.8. The lowest BCUT2D eigenvalue weighted by atomic mass is 10.0. The number of aromatic nitrogens is 3. The molecule has 12 nitrogen and oxygen atoms in total. The molecule has 4 aromatic rings. The number of thiazole rings is 1. The number of amides is 2. The minimum atomic E-state index is -3.72. The second-order valence-corrected chi connectivity index (χ2v) is 13.2. The van der Waals surface area contributed by atoms with Crippen LogP contribution >= 0.6 is 23.5 Å². The van der Waals surface area contributed by atoms with Crippen molar-refractivity contribution in [2.45, 2.75) is 17.7 Å². The van der Waals surface area contributed by atoms with Crippen molar-refractivity contribution in [2.75, 3.05) is 32.6 Å². The van der Waals surface area contributed by atoms with Gasteiger partial charge in [-0.15, -0.1) is 21.5 Å². The van der Waals surface area contributed by atoms with Gasteiger partial charge in [-0.25, -0.2) is 18.1 Å². The molecule has 6 rings (SSSR count). The zero-order valence-electron chi connectivity index (χ0n) is 21.2. The number of hydrogen-bond donors (Lipinski definition) is 2. The number of morpholine rings is 1. The number of nitrogens with zero attached hydrogens (tertiary/aromatic N) is 4. The highest BCUT2D eigenvalue weighted by molar-refractivity contribution is 7.96. The standard InChI is InChI=1S/C25H24N6O6S3/c1-40(34,35)21(23-28-27-20(37-23)13-18-22(32)30-39-29-18)24-26-17-7-6-16(12-19(17)38-24)14-2-4-15(5-3-14)25(33)31-8-10-36-11-9-31/h2-7,12,18,21,29H,8-11,13H2,1H3,(H,30,32)/t18-,21?/m1/s1. The Kier molecular flexibility index (Phi) is 7.31. The monoisotopic (exact) mass is 600 g/mol. The first-order chi connectivity index (χ1) is 19.3. The third-order valence-corrected chi connectivity index (χ3v) is 9.79. The maximum Gasteiger partial charge on any atom is 0.254 e. The summed E-state index contributed by atoms with van der Waals surface area (Å²) in [6, 6.07) is 12.5. The number of carbonyl (C=O) groups is 2. The van der Waals surface area contributed by atoms with E-state index >= 15 is 0 Å². The molecule has 2 aromatic heterocycles. The molecule has 2 aliphatic rings. The first-order valence-electron chi connectivity index (χ1n) is 12.4. The summed E-state index contributed by atoms with van der Waals surface area (Å²) in [6.07, 6.45) is 1.23. The first-order valence-corrected chi connectivity index (χ1v) is 16.0. The Morgan fingerprint density at radius 3 is 2.58 bits per heavy atom. The van der Waals surface area contributed by atoms with Gasteiger partial charge in [0, 0.05) is 37.0 Å². The van der Waals surface area contributed by atoms with E-state index in [1.807, 2.05) is 42.5 Å². The molecule has 2 saturated heterocycles. The van der Waals surface area contributed by atoms with E-state index in [1.165, 1.54) is 11.3 Å². The Morgan fingerprint density at radius 1 is 1.12 bits per heavy atom. The minimum Gasteiger partial charge on any atom is -0.423 e. The van der Waals surface area contributed by atoms with Gasteiger partial charge >= 0.3 is 0 Å². The van der Waals surface area contributed by atoms with Crippen molar-refractivity contribution >= 4 is 55.3 Å². The first kappa shape index (κ1) is 26.8. The lowest BCUT2D eigenvalue weighted by molar-refractivity contribution is -0.120. The van der Waals surface area contributed by atoms with Crippen LogP contribution in [0.25, 0.3) is 21.3 Å². The molecule has 2 N–H and O–H groups in total. The van der Waals surface area contributed by atoms with Gasteiger partial charge in [-0.1, -0.05) is 18.2 Å². The summed E-state index contributed by atoms with van der Waals surface area (Å²) in [7, 11) is -3.72. The largest absolute Gasteiger partial charge is 0.423 e. The van der Waals surface area contributed by atoms with Crippen molar-refractivity contribution in [1.82, 2.24) is 29.5 Å².